The zero-order valence-electron chi connectivity index (χ0n) is 21.1. The van der Waals surface area contributed by atoms with E-state index in [4.69, 9.17) is 4.74 Å². The number of fused-ring (bicyclic) bond motifs is 1. The maximum absolute atomic E-state index is 13.8. The van der Waals surface area contributed by atoms with Crippen molar-refractivity contribution in [2.45, 2.75) is 18.7 Å². The first-order valence-corrected chi connectivity index (χ1v) is 12.6. The number of aromatic nitrogens is 1. The second-order valence-electron chi connectivity index (χ2n) is 9.55. The Morgan fingerprint density at radius 2 is 1.65 bits per heavy atom. The molecule has 3 aromatic carbocycles. The molecule has 1 fully saturated rings. The molecule has 206 valence electrons. The Morgan fingerprint density at radius 3 is 2.27 bits per heavy atom. The van der Waals surface area contributed by atoms with Gasteiger partial charge in [0.25, 0.3) is 0 Å². The summed E-state index contributed by atoms with van der Waals surface area (Å²) in [6, 6.07) is 15.2. The number of carboxylic acid groups (broad SMARTS) is 1. The largest absolute Gasteiger partial charge is 0.488 e. The van der Waals surface area contributed by atoms with Crippen LogP contribution < -0.4 is 4.74 Å². The van der Waals surface area contributed by atoms with Gasteiger partial charge in [-0.05, 0) is 60.5 Å². The van der Waals surface area contributed by atoms with Crippen molar-refractivity contribution in [1.29, 1.82) is 0 Å². The Hall–Kier alpha value is -4.31. The summed E-state index contributed by atoms with van der Waals surface area (Å²) in [7, 11) is 0. The van der Waals surface area contributed by atoms with Gasteiger partial charge >= 0.3 is 12.1 Å². The third kappa shape index (κ3) is 5.67. The maximum Gasteiger partial charge on any atom is 0.416 e. The summed E-state index contributed by atoms with van der Waals surface area (Å²) >= 11 is 0. The quantitative estimate of drug-likeness (QED) is 0.195. The third-order valence-corrected chi connectivity index (χ3v) is 6.82. The van der Waals surface area contributed by atoms with Crippen LogP contribution in [0.15, 0.2) is 72.9 Å². The second-order valence-corrected chi connectivity index (χ2v) is 9.55. The molecule has 40 heavy (non-hydrogen) atoms. The number of nitrogens with zero attached hydrogens (tertiary/aromatic N) is 2. The van der Waals surface area contributed by atoms with Gasteiger partial charge in [-0.1, -0.05) is 18.2 Å². The number of carboxylic acids is 1. The van der Waals surface area contributed by atoms with Gasteiger partial charge in [-0.15, -0.1) is 0 Å². The van der Waals surface area contributed by atoms with Crippen LogP contribution in [0.2, 0.25) is 0 Å². The number of halogens is 4. The highest BCUT2D eigenvalue weighted by Crippen LogP contribution is 2.35. The SMILES string of the molecule is O=C(O)c1ccc2c(C(=O)c3ccc(OC4CN(CCCF)C4)cc3)c(-c3ccc(C(F)(F)F)cc3)cnc2c1. The van der Waals surface area contributed by atoms with E-state index in [1.54, 1.807) is 24.3 Å². The van der Waals surface area contributed by atoms with Gasteiger partial charge in [-0.3, -0.25) is 19.1 Å². The first kappa shape index (κ1) is 27.3. The summed E-state index contributed by atoms with van der Waals surface area (Å²) in [5, 5.41) is 9.74. The Balaban J connectivity index is 1.47. The van der Waals surface area contributed by atoms with Gasteiger partial charge < -0.3 is 9.84 Å². The molecular weight excluding hydrogens is 528 g/mol. The molecule has 0 unspecified atom stereocenters. The summed E-state index contributed by atoms with van der Waals surface area (Å²) in [5.74, 6) is -0.991. The summed E-state index contributed by atoms with van der Waals surface area (Å²) in [6.45, 7) is 1.71. The molecule has 10 heteroatoms. The van der Waals surface area contributed by atoms with E-state index < -0.39 is 23.5 Å². The van der Waals surface area contributed by atoms with E-state index in [1.165, 1.54) is 36.5 Å². The highest BCUT2D eigenvalue weighted by molar-refractivity contribution is 6.20. The summed E-state index contributed by atoms with van der Waals surface area (Å²) in [4.78, 5) is 31.7. The van der Waals surface area contributed by atoms with Gasteiger partial charge in [0.05, 0.1) is 23.3 Å². The number of likely N-dealkylation sites (tertiary alicyclic amines) is 1. The molecule has 2 heterocycles. The number of ether oxygens (including phenoxy) is 1. The van der Waals surface area contributed by atoms with Crippen molar-refractivity contribution in [3.63, 3.8) is 0 Å². The minimum Gasteiger partial charge on any atom is -0.488 e. The molecule has 0 atom stereocenters. The van der Waals surface area contributed by atoms with Crippen LogP contribution >= 0.6 is 0 Å². The van der Waals surface area contributed by atoms with Crippen molar-refractivity contribution in [3.05, 3.63) is 95.2 Å². The first-order valence-electron chi connectivity index (χ1n) is 12.6. The van der Waals surface area contributed by atoms with Gasteiger partial charge in [-0.25, -0.2) is 4.79 Å². The zero-order valence-corrected chi connectivity index (χ0v) is 21.1. The number of benzene rings is 3. The molecule has 6 nitrogen and oxygen atoms in total. The maximum atomic E-state index is 13.8. The number of rotatable bonds is 9. The van der Waals surface area contributed by atoms with Crippen molar-refractivity contribution in [1.82, 2.24) is 9.88 Å². The van der Waals surface area contributed by atoms with Crippen LogP contribution in [0, 0.1) is 0 Å². The highest BCUT2D eigenvalue weighted by atomic mass is 19.4. The smallest absolute Gasteiger partial charge is 0.416 e. The van der Waals surface area contributed by atoms with Crippen LogP contribution in [-0.4, -0.2) is 59.2 Å². The van der Waals surface area contributed by atoms with Crippen molar-refractivity contribution in [2.24, 2.45) is 0 Å². The van der Waals surface area contributed by atoms with E-state index in [9.17, 15) is 32.3 Å². The molecule has 0 amide bonds. The fraction of sp³-hybridized carbons (Fsp3) is 0.233. The highest BCUT2D eigenvalue weighted by Gasteiger charge is 2.31. The lowest BCUT2D eigenvalue weighted by molar-refractivity contribution is -0.137. The molecule has 0 bridgehead atoms. The monoisotopic (exact) mass is 552 g/mol. The Kier molecular flexibility index (Phi) is 7.53. The topological polar surface area (TPSA) is 79.7 Å². The number of hydrogen-bond donors (Lipinski definition) is 1. The summed E-state index contributed by atoms with van der Waals surface area (Å²) < 4.78 is 57.7. The number of hydrogen-bond acceptors (Lipinski definition) is 5. The van der Waals surface area contributed by atoms with E-state index in [1.807, 2.05) is 0 Å². The standard InChI is InChI=1S/C30H24F4N2O4/c31-12-1-13-36-16-23(17-36)40-22-9-4-19(5-10-22)28(37)27-24-11-6-20(29(38)39)14-26(24)35-15-25(27)18-2-7-21(8-3-18)30(32,33)34/h2-11,14-15,23H,1,12-13,16-17H2,(H,38,39). The van der Waals surface area contributed by atoms with Gasteiger partial charge in [-0.2, -0.15) is 13.2 Å². The van der Waals surface area contributed by atoms with E-state index in [-0.39, 0.29) is 29.4 Å². The average Bonchev–Trinajstić information content (AvgIpc) is 2.92. The van der Waals surface area contributed by atoms with Gasteiger partial charge in [0.2, 0.25) is 0 Å². The van der Waals surface area contributed by atoms with Crippen molar-refractivity contribution >= 4 is 22.7 Å². The number of carbonyl (C=O) groups excluding carboxylic acids is 1. The molecule has 1 aliphatic rings. The second kappa shape index (κ2) is 11.1. The minimum absolute atomic E-state index is 0.0126. The number of aromatic carboxylic acids is 1. The van der Waals surface area contributed by atoms with Crippen molar-refractivity contribution in [2.75, 3.05) is 26.3 Å². The van der Waals surface area contributed by atoms with Crippen LogP contribution in [0.5, 0.6) is 5.75 Å². The minimum atomic E-state index is -4.51. The van der Waals surface area contributed by atoms with Crippen LogP contribution in [0.4, 0.5) is 17.6 Å². The zero-order chi connectivity index (χ0) is 28.4. The average molecular weight is 553 g/mol. The molecule has 1 N–H and O–H groups in total. The predicted molar refractivity (Wildman–Crippen MR) is 140 cm³/mol. The molecule has 5 rings (SSSR count). The van der Waals surface area contributed by atoms with Crippen LogP contribution in [0.3, 0.4) is 0 Å². The predicted octanol–water partition coefficient (Wildman–Crippen LogP) is 6.27. The number of ketones is 1. The normalized spacial score (nSPS) is 14.2. The Bertz CT molecular complexity index is 1550. The lowest BCUT2D eigenvalue weighted by Crippen LogP contribution is -2.53. The molecule has 1 aromatic heterocycles. The summed E-state index contributed by atoms with van der Waals surface area (Å²) in [6.07, 6.45) is -2.69. The number of carbonyl (C=O) groups is 2. The molecule has 0 radical (unpaired) electrons. The van der Waals surface area contributed by atoms with Crippen LogP contribution in [0.25, 0.3) is 22.0 Å². The molecule has 0 saturated carbocycles. The van der Waals surface area contributed by atoms with Crippen LogP contribution in [0.1, 0.15) is 38.3 Å². The van der Waals surface area contributed by atoms with E-state index in [2.05, 4.69) is 9.88 Å². The van der Waals surface area contributed by atoms with E-state index in [0.717, 1.165) is 12.1 Å². The first-order chi connectivity index (χ1) is 19.1. The Labute approximate surface area is 226 Å². The third-order valence-electron chi connectivity index (χ3n) is 6.82. The van der Waals surface area contributed by atoms with Gasteiger partial charge in [0.1, 0.15) is 11.9 Å². The molecule has 1 aliphatic heterocycles. The molecule has 0 aliphatic carbocycles. The Morgan fingerprint density at radius 1 is 0.975 bits per heavy atom. The summed E-state index contributed by atoms with van der Waals surface area (Å²) in [5.41, 5.74) is 0.610. The fourth-order valence-corrected chi connectivity index (χ4v) is 4.71. The molecule has 1 saturated heterocycles. The number of pyridine rings is 1. The lowest BCUT2D eigenvalue weighted by atomic mass is 9.91. The fourth-order valence-electron chi connectivity index (χ4n) is 4.71. The van der Waals surface area contributed by atoms with Gasteiger partial charge in [0, 0.05) is 47.9 Å². The number of alkyl halides is 4. The molecule has 0 spiro atoms. The molecular formula is C30H24F4N2O4. The van der Waals surface area contributed by atoms with E-state index in [0.29, 0.717) is 53.9 Å². The van der Waals surface area contributed by atoms with Crippen LogP contribution in [-0.2, 0) is 6.18 Å². The van der Waals surface area contributed by atoms with Crippen molar-refractivity contribution in [3.8, 4) is 16.9 Å². The van der Waals surface area contributed by atoms with E-state index >= 15 is 0 Å². The molecule has 4 aromatic rings. The van der Waals surface area contributed by atoms with Gasteiger partial charge in [0.15, 0.2) is 5.78 Å². The lowest BCUT2D eigenvalue weighted by Gasteiger charge is -2.38. The van der Waals surface area contributed by atoms with Crippen molar-refractivity contribution < 1.29 is 37.0 Å².